The van der Waals surface area contributed by atoms with Crippen molar-refractivity contribution < 1.29 is 0 Å². The minimum atomic E-state index is -0.0814. The van der Waals surface area contributed by atoms with E-state index >= 15 is 0 Å². The van der Waals surface area contributed by atoms with Crippen LogP contribution in [0, 0.1) is 6.92 Å². The lowest BCUT2D eigenvalue weighted by atomic mass is 9.90. The molecule has 0 saturated heterocycles. The molecule has 0 aliphatic rings. The maximum atomic E-state index is 4.79. The first-order chi connectivity index (χ1) is 10.5. The Kier molecular flexibility index (Phi) is 4.51. The predicted octanol–water partition coefficient (Wildman–Crippen LogP) is 3.73. The zero-order chi connectivity index (χ0) is 17.4. The Balaban J connectivity index is 2.32. The highest BCUT2D eigenvalue weighted by Crippen LogP contribution is 2.27. The molecule has 0 atom stereocenters. The van der Waals surface area contributed by atoms with Crippen molar-refractivity contribution in [2.45, 2.75) is 65.8 Å². The van der Waals surface area contributed by atoms with Gasteiger partial charge in [-0.15, -0.1) is 0 Å². The smallest absolute Gasteiger partial charge is 0.136 e. The normalized spacial score (nSPS) is 12.5. The molecule has 5 nitrogen and oxygen atoms in total. The number of hydrogen-bond donors (Lipinski definition) is 1. The van der Waals surface area contributed by atoms with E-state index in [2.05, 4.69) is 64.9 Å². The van der Waals surface area contributed by atoms with E-state index in [1.807, 2.05) is 17.9 Å². The first-order valence-electron chi connectivity index (χ1n) is 8.10. The van der Waals surface area contributed by atoms with Crippen LogP contribution in [0.25, 0.3) is 0 Å². The van der Waals surface area contributed by atoms with Gasteiger partial charge in [-0.1, -0.05) is 41.5 Å². The molecular weight excluding hydrogens is 286 g/mol. The third-order valence-corrected chi connectivity index (χ3v) is 3.96. The molecule has 2 aromatic heterocycles. The summed E-state index contributed by atoms with van der Waals surface area (Å²) in [6.45, 7) is 15.7. The van der Waals surface area contributed by atoms with Gasteiger partial charge in [0.25, 0.3) is 0 Å². The minimum Gasteiger partial charge on any atom is -0.366 e. The van der Waals surface area contributed by atoms with Crippen LogP contribution < -0.4 is 5.32 Å². The summed E-state index contributed by atoms with van der Waals surface area (Å²) in [5.41, 5.74) is 3.31. The Labute approximate surface area is 139 Å². The van der Waals surface area contributed by atoms with Gasteiger partial charge in [0.05, 0.1) is 11.9 Å². The SMILES string of the molecule is Cc1c(CNc2cc(C(C)(C)C)nc(C(C)(C)C)n2)cnn1C. The molecule has 0 fully saturated rings. The second-order valence-electron chi connectivity index (χ2n) is 8.19. The van der Waals surface area contributed by atoms with Gasteiger partial charge in [0.15, 0.2) is 0 Å². The molecule has 2 rings (SSSR count). The molecule has 0 aromatic carbocycles. The highest BCUT2D eigenvalue weighted by Gasteiger charge is 2.23. The maximum Gasteiger partial charge on any atom is 0.136 e. The van der Waals surface area contributed by atoms with E-state index in [0.29, 0.717) is 6.54 Å². The number of aryl methyl sites for hydroxylation is 1. The van der Waals surface area contributed by atoms with Gasteiger partial charge in [-0.2, -0.15) is 5.10 Å². The van der Waals surface area contributed by atoms with E-state index in [0.717, 1.165) is 17.3 Å². The quantitative estimate of drug-likeness (QED) is 0.938. The average Bonchev–Trinajstić information content (AvgIpc) is 2.74. The van der Waals surface area contributed by atoms with E-state index in [-0.39, 0.29) is 10.8 Å². The van der Waals surface area contributed by atoms with Gasteiger partial charge in [-0.25, -0.2) is 9.97 Å². The summed E-state index contributed by atoms with van der Waals surface area (Å²) < 4.78 is 1.89. The predicted molar refractivity (Wildman–Crippen MR) is 94.7 cm³/mol. The molecular formula is C18H29N5. The highest BCUT2D eigenvalue weighted by atomic mass is 15.3. The molecule has 23 heavy (non-hydrogen) atoms. The summed E-state index contributed by atoms with van der Waals surface area (Å²) in [5.74, 6) is 1.74. The largest absolute Gasteiger partial charge is 0.366 e. The molecule has 0 radical (unpaired) electrons. The lowest BCUT2D eigenvalue weighted by Crippen LogP contribution is -2.22. The Bertz CT molecular complexity index is 654. The van der Waals surface area contributed by atoms with Crippen molar-refractivity contribution in [1.29, 1.82) is 0 Å². The summed E-state index contributed by atoms with van der Waals surface area (Å²) in [6.07, 6.45) is 1.90. The van der Waals surface area contributed by atoms with Crippen molar-refractivity contribution >= 4 is 5.82 Å². The summed E-state index contributed by atoms with van der Waals surface area (Å²) in [6, 6.07) is 2.06. The number of nitrogens with one attached hydrogen (secondary N) is 1. The third kappa shape index (κ3) is 4.09. The van der Waals surface area contributed by atoms with Gasteiger partial charge in [-0.05, 0) is 6.92 Å². The van der Waals surface area contributed by atoms with Gasteiger partial charge in [-0.3, -0.25) is 4.68 Å². The van der Waals surface area contributed by atoms with Gasteiger partial charge in [0, 0.05) is 41.7 Å². The summed E-state index contributed by atoms with van der Waals surface area (Å²) in [7, 11) is 1.96. The number of rotatable bonds is 3. The molecule has 0 spiro atoms. The second-order valence-corrected chi connectivity index (χ2v) is 8.19. The van der Waals surface area contributed by atoms with Crippen LogP contribution in [-0.2, 0) is 24.4 Å². The molecule has 0 amide bonds. The molecule has 0 bridgehead atoms. The van der Waals surface area contributed by atoms with Crippen LogP contribution in [0.3, 0.4) is 0 Å². The maximum absolute atomic E-state index is 4.79. The van der Waals surface area contributed by atoms with E-state index in [4.69, 9.17) is 9.97 Å². The minimum absolute atomic E-state index is 0.0103. The van der Waals surface area contributed by atoms with Crippen LogP contribution in [0.4, 0.5) is 5.82 Å². The van der Waals surface area contributed by atoms with Crippen molar-refractivity contribution in [3.63, 3.8) is 0 Å². The Morgan fingerprint density at radius 3 is 2.17 bits per heavy atom. The van der Waals surface area contributed by atoms with Crippen LogP contribution in [0.5, 0.6) is 0 Å². The summed E-state index contributed by atoms with van der Waals surface area (Å²) in [4.78, 5) is 9.51. The van der Waals surface area contributed by atoms with Crippen molar-refractivity contribution in [2.75, 3.05) is 5.32 Å². The van der Waals surface area contributed by atoms with Crippen molar-refractivity contribution in [3.8, 4) is 0 Å². The Morgan fingerprint density at radius 1 is 1.04 bits per heavy atom. The van der Waals surface area contributed by atoms with E-state index in [1.54, 1.807) is 0 Å². The zero-order valence-electron chi connectivity index (χ0n) is 15.7. The van der Waals surface area contributed by atoms with Crippen LogP contribution in [0.1, 0.15) is 64.3 Å². The molecule has 2 aromatic rings. The molecule has 5 heteroatoms. The van der Waals surface area contributed by atoms with Crippen molar-refractivity contribution in [3.05, 3.63) is 35.0 Å². The topological polar surface area (TPSA) is 55.6 Å². The Morgan fingerprint density at radius 2 is 1.70 bits per heavy atom. The average molecular weight is 315 g/mol. The number of hydrogen-bond acceptors (Lipinski definition) is 4. The zero-order valence-corrected chi connectivity index (χ0v) is 15.7. The highest BCUT2D eigenvalue weighted by molar-refractivity contribution is 5.40. The summed E-state index contributed by atoms with van der Waals surface area (Å²) in [5, 5.41) is 7.72. The fraction of sp³-hybridized carbons (Fsp3) is 0.611. The lowest BCUT2D eigenvalue weighted by molar-refractivity contribution is 0.514. The first kappa shape index (κ1) is 17.4. The molecule has 0 saturated carbocycles. The van der Waals surface area contributed by atoms with Crippen LogP contribution in [0.15, 0.2) is 12.3 Å². The first-order valence-corrected chi connectivity index (χ1v) is 8.10. The summed E-state index contributed by atoms with van der Waals surface area (Å²) >= 11 is 0. The molecule has 0 aliphatic carbocycles. The van der Waals surface area contributed by atoms with Crippen LogP contribution in [-0.4, -0.2) is 19.7 Å². The number of anilines is 1. The molecule has 126 valence electrons. The standard InChI is InChI=1S/C18H29N5/c1-12-13(11-20-23(12)8)10-19-15-9-14(17(2,3)4)21-16(22-15)18(5,6)7/h9,11H,10H2,1-8H3,(H,19,21,22). The second kappa shape index (κ2) is 5.95. The monoisotopic (exact) mass is 315 g/mol. The van der Waals surface area contributed by atoms with Gasteiger partial charge in [0.1, 0.15) is 11.6 Å². The van der Waals surface area contributed by atoms with E-state index in [1.165, 1.54) is 11.3 Å². The van der Waals surface area contributed by atoms with Crippen LogP contribution in [0.2, 0.25) is 0 Å². The molecule has 2 heterocycles. The van der Waals surface area contributed by atoms with Crippen LogP contribution >= 0.6 is 0 Å². The lowest BCUT2D eigenvalue weighted by Gasteiger charge is -2.24. The Hall–Kier alpha value is -1.91. The fourth-order valence-corrected chi connectivity index (χ4v) is 2.16. The van der Waals surface area contributed by atoms with E-state index in [9.17, 15) is 0 Å². The molecule has 0 unspecified atom stereocenters. The number of aromatic nitrogens is 4. The van der Waals surface area contributed by atoms with Gasteiger partial charge in [0.2, 0.25) is 0 Å². The van der Waals surface area contributed by atoms with Crippen molar-refractivity contribution in [2.24, 2.45) is 7.05 Å². The van der Waals surface area contributed by atoms with Gasteiger partial charge < -0.3 is 5.32 Å². The molecule has 0 aliphatic heterocycles. The molecule has 1 N–H and O–H groups in total. The van der Waals surface area contributed by atoms with Crippen molar-refractivity contribution in [1.82, 2.24) is 19.7 Å². The van der Waals surface area contributed by atoms with Gasteiger partial charge >= 0.3 is 0 Å². The fourth-order valence-electron chi connectivity index (χ4n) is 2.16. The number of nitrogens with zero attached hydrogens (tertiary/aromatic N) is 4. The van der Waals surface area contributed by atoms with E-state index < -0.39 is 0 Å². The third-order valence-electron chi connectivity index (χ3n) is 3.96.